The number of anilines is 2. The van der Waals surface area contributed by atoms with Crippen LogP contribution < -0.4 is 14.4 Å². The van der Waals surface area contributed by atoms with E-state index >= 15 is 0 Å². The summed E-state index contributed by atoms with van der Waals surface area (Å²) in [5.41, 5.74) is 0.194. The topological polar surface area (TPSA) is 114 Å². The zero-order chi connectivity index (χ0) is 29.1. The number of halogens is 3. The Morgan fingerprint density at radius 2 is 1.93 bits per heavy atom. The number of nitrogens with zero attached hydrogens (tertiary/aromatic N) is 1. The molecule has 0 radical (unpaired) electrons. The first kappa shape index (κ1) is 29.8. The molecule has 0 fully saturated rings. The number of carbonyl (C=O) groups is 1. The highest BCUT2D eigenvalue weighted by Gasteiger charge is 2.41. The van der Waals surface area contributed by atoms with Crippen molar-refractivity contribution in [2.75, 3.05) is 56.0 Å². The molecular weight excluding hydrogens is 553 g/mol. The Morgan fingerprint density at radius 3 is 2.58 bits per heavy atom. The lowest BCUT2D eigenvalue weighted by atomic mass is 9.86. The van der Waals surface area contributed by atoms with Gasteiger partial charge in [-0.2, -0.15) is 13.2 Å². The molecule has 0 unspecified atom stereocenters. The maximum absolute atomic E-state index is 13.4. The summed E-state index contributed by atoms with van der Waals surface area (Å²) in [6, 6.07) is 8.03. The van der Waals surface area contributed by atoms with Gasteiger partial charge in [0, 0.05) is 56.7 Å². The molecule has 0 atom stereocenters. The average Bonchev–Trinajstić information content (AvgIpc) is 2.87. The highest BCUT2D eigenvalue weighted by Crippen LogP contribution is 2.44. The molecule has 0 aromatic heterocycles. The average molecular weight is 585 g/mol. The van der Waals surface area contributed by atoms with E-state index in [1.807, 2.05) is 0 Å². The van der Waals surface area contributed by atoms with E-state index in [2.05, 4.69) is 5.32 Å². The minimum absolute atomic E-state index is 0.000172. The molecule has 0 bridgehead atoms. The number of aliphatic hydroxyl groups excluding tert-OH is 1. The van der Waals surface area contributed by atoms with Crippen molar-refractivity contribution in [3.05, 3.63) is 59.2 Å². The van der Waals surface area contributed by atoms with E-state index in [9.17, 15) is 31.5 Å². The van der Waals surface area contributed by atoms with E-state index in [-0.39, 0.29) is 57.1 Å². The monoisotopic (exact) mass is 584 g/mol. The SMILES string of the molecule is COCC1(COC)CC(=CC(=O)Nc2cccc3c2CCS(=O)(=O)N3CCCO)c2ccc(C(F)(F)F)cc2O1. The molecule has 2 heterocycles. The lowest BCUT2D eigenvalue weighted by molar-refractivity contribution is -0.138. The smallest absolute Gasteiger partial charge is 0.416 e. The number of benzene rings is 2. The lowest BCUT2D eigenvalue weighted by Gasteiger charge is -2.39. The minimum Gasteiger partial charge on any atom is -0.481 e. The number of nitrogens with one attached hydrogen (secondary N) is 1. The number of hydrogen-bond acceptors (Lipinski definition) is 7. The summed E-state index contributed by atoms with van der Waals surface area (Å²) in [6.45, 7) is -0.0701. The van der Waals surface area contributed by atoms with Gasteiger partial charge in [0.1, 0.15) is 5.75 Å². The number of methoxy groups -OCH3 is 2. The first-order valence-electron chi connectivity index (χ1n) is 12.6. The van der Waals surface area contributed by atoms with Crippen molar-refractivity contribution in [1.82, 2.24) is 0 Å². The zero-order valence-electron chi connectivity index (χ0n) is 22.1. The van der Waals surface area contributed by atoms with E-state index in [4.69, 9.17) is 14.2 Å². The van der Waals surface area contributed by atoms with Crippen LogP contribution >= 0.6 is 0 Å². The van der Waals surface area contributed by atoms with Crippen LogP contribution in [-0.4, -0.2) is 71.4 Å². The number of sulfonamides is 1. The maximum atomic E-state index is 13.4. The van der Waals surface area contributed by atoms with Crippen molar-refractivity contribution in [1.29, 1.82) is 0 Å². The van der Waals surface area contributed by atoms with Gasteiger partial charge in [-0.15, -0.1) is 0 Å². The number of aliphatic hydroxyl groups is 1. The van der Waals surface area contributed by atoms with Crippen molar-refractivity contribution < 1.29 is 45.7 Å². The molecule has 1 amide bonds. The number of ether oxygens (including phenoxy) is 3. The second-order valence-corrected chi connectivity index (χ2v) is 11.7. The molecule has 2 N–H and O–H groups in total. The zero-order valence-corrected chi connectivity index (χ0v) is 22.9. The van der Waals surface area contributed by atoms with Gasteiger partial charge in [0.25, 0.3) is 0 Å². The molecule has 0 aliphatic carbocycles. The van der Waals surface area contributed by atoms with Crippen molar-refractivity contribution in [3.63, 3.8) is 0 Å². The summed E-state index contributed by atoms with van der Waals surface area (Å²) >= 11 is 0. The van der Waals surface area contributed by atoms with Gasteiger partial charge < -0.3 is 24.6 Å². The number of rotatable bonds is 9. The molecular formula is C27H31F3N2O7S. The molecule has 2 aliphatic rings. The Morgan fingerprint density at radius 1 is 1.20 bits per heavy atom. The summed E-state index contributed by atoms with van der Waals surface area (Å²) in [5.74, 6) is -0.742. The molecule has 218 valence electrons. The van der Waals surface area contributed by atoms with E-state index in [0.29, 0.717) is 28.1 Å². The van der Waals surface area contributed by atoms with Crippen molar-refractivity contribution in [2.24, 2.45) is 0 Å². The van der Waals surface area contributed by atoms with Crippen LogP contribution in [0.15, 0.2) is 42.5 Å². The van der Waals surface area contributed by atoms with Gasteiger partial charge in [0.15, 0.2) is 5.60 Å². The summed E-state index contributed by atoms with van der Waals surface area (Å²) in [5, 5.41) is 12.0. The fourth-order valence-corrected chi connectivity index (χ4v) is 6.66. The molecule has 9 nitrogen and oxygen atoms in total. The summed E-state index contributed by atoms with van der Waals surface area (Å²) in [6.07, 6.45) is -2.73. The first-order chi connectivity index (χ1) is 18.9. The second-order valence-electron chi connectivity index (χ2n) is 9.71. The molecule has 0 spiro atoms. The van der Waals surface area contributed by atoms with Crippen LogP contribution in [0, 0.1) is 0 Å². The van der Waals surface area contributed by atoms with Gasteiger partial charge in [-0.3, -0.25) is 9.10 Å². The lowest BCUT2D eigenvalue weighted by Crippen LogP contribution is -2.47. The Kier molecular flexibility index (Phi) is 8.78. The predicted octanol–water partition coefficient (Wildman–Crippen LogP) is 3.62. The highest BCUT2D eigenvalue weighted by molar-refractivity contribution is 7.92. The van der Waals surface area contributed by atoms with Crippen LogP contribution in [0.25, 0.3) is 5.57 Å². The molecule has 2 aliphatic heterocycles. The molecule has 0 saturated heterocycles. The predicted molar refractivity (Wildman–Crippen MR) is 143 cm³/mol. The number of amides is 1. The van der Waals surface area contributed by atoms with Crippen LogP contribution in [0.4, 0.5) is 24.5 Å². The molecule has 2 aromatic carbocycles. The quantitative estimate of drug-likeness (QED) is 0.433. The van der Waals surface area contributed by atoms with E-state index < -0.39 is 33.3 Å². The Hall–Kier alpha value is -3.13. The summed E-state index contributed by atoms with van der Waals surface area (Å²) < 4.78 is 83.5. The third-order valence-electron chi connectivity index (χ3n) is 6.76. The van der Waals surface area contributed by atoms with E-state index in [1.54, 1.807) is 18.2 Å². The minimum atomic E-state index is -4.59. The third kappa shape index (κ3) is 6.27. The molecule has 2 aromatic rings. The van der Waals surface area contributed by atoms with Gasteiger partial charge in [-0.25, -0.2) is 8.42 Å². The van der Waals surface area contributed by atoms with Gasteiger partial charge in [0.05, 0.1) is 30.2 Å². The van der Waals surface area contributed by atoms with Crippen LogP contribution in [0.1, 0.15) is 29.5 Å². The van der Waals surface area contributed by atoms with E-state index in [0.717, 1.165) is 12.1 Å². The van der Waals surface area contributed by atoms with Gasteiger partial charge in [-0.05, 0) is 42.7 Å². The van der Waals surface area contributed by atoms with Gasteiger partial charge in [-0.1, -0.05) is 12.1 Å². The fraction of sp³-hybridized carbons (Fsp3) is 0.444. The van der Waals surface area contributed by atoms with Crippen LogP contribution in [0.2, 0.25) is 0 Å². The first-order valence-corrected chi connectivity index (χ1v) is 14.2. The summed E-state index contributed by atoms with van der Waals surface area (Å²) in [7, 11) is -0.705. The van der Waals surface area contributed by atoms with Crippen LogP contribution in [-0.2, 0) is 36.9 Å². The fourth-order valence-electron chi connectivity index (χ4n) is 5.10. The molecule has 13 heteroatoms. The van der Waals surface area contributed by atoms with Gasteiger partial charge >= 0.3 is 6.18 Å². The van der Waals surface area contributed by atoms with Crippen molar-refractivity contribution >= 4 is 32.9 Å². The van der Waals surface area contributed by atoms with E-state index in [1.165, 1.54) is 30.7 Å². The Labute approximate surface area is 230 Å². The largest absolute Gasteiger partial charge is 0.481 e. The molecule has 40 heavy (non-hydrogen) atoms. The summed E-state index contributed by atoms with van der Waals surface area (Å²) in [4.78, 5) is 13.3. The Bertz CT molecular complexity index is 1390. The standard InChI is InChI=1S/C27H31F3N2O7S/c1-37-16-26(17-38-2)15-18(20-8-7-19(27(28,29)30)14-24(20)39-26)13-25(34)31-22-5-3-6-23-21(22)9-12-40(35,36)32(23)10-4-11-33/h3,5-8,13-14,33H,4,9-12,15-17H2,1-2H3,(H,31,34). The molecule has 0 saturated carbocycles. The normalized spacial score (nSPS) is 18.6. The maximum Gasteiger partial charge on any atom is 0.416 e. The molecule has 4 rings (SSSR count). The highest BCUT2D eigenvalue weighted by atomic mass is 32.2. The third-order valence-corrected chi connectivity index (χ3v) is 8.53. The number of hydrogen-bond donors (Lipinski definition) is 2. The number of carbonyl (C=O) groups excluding carboxylic acids is 1. The number of fused-ring (bicyclic) bond motifs is 2. The van der Waals surface area contributed by atoms with Crippen molar-refractivity contribution in [2.45, 2.75) is 31.0 Å². The van der Waals surface area contributed by atoms with Crippen LogP contribution in [0.3, 0.4) is 0 Å². The van der Waals surface area contributed by atoms with Crippen LogP contribution in [0.5, 0.6) is 5.75 Å². The number of alkyl halides is 3. The van der Waals surface area contributed by atoms with Gasteiger partial charge in [0.2, 0.25) is 15.9 Å². The Balaban J connectivity index is 1.70. The second kappa shape index (κ2) is 11.8. The van der Waals surface area contributed by atoms with Crippen molar-refractivity contribution in [3.8, 4) is 5.75 Å².